The van der Waals surface area contributed by atoms with Crippen LogP contribution in [0.25, 0.3) is 38.9 Å². The first kappa shape index (κ1) is 24.4. The molecule has 3 aromatic carbocycles. The van der Waals surface area contributed by atoms with Crippen LogP contribution in [-0.2, 0) is 0 Å². The van der Waals surface area contributed by atoms with Crippen molar-refractivity contribution in [3.05, 3.63) is 84.4 Å². The quantitative estimate of drug-likeness (QED) is 0.221. The number of nitrogens with two attached hydrogens (primary N) is 1. The van der Waals surface area contributed by atoms with E-state index in [-0.39, 0.29) is 0 Å². The number of aromatic amines is 1. The Bertz CT molecular complexity index is 1540. The molecule has 0 radical (unpaired) electrons. The van der Waals surface area contributed by atoms with Crippen LogP contribution in [-0.4, -0.2) is 33.6 Å². The molecule has 6 N–H and O–H groups in total. The molecule has 1 saturated carbocycles. The Morgan fingerprint density at radius 2 is 1.69 bits per heavy atom. The van der Waals surface area contributed by atoms with Gasteiger partial charge < -0.3 is 26.7 Å². The van der Waals surface area contributed by atoms with E-state index in [1.807, 2.05) is 12.4 Å². The van der Waals surface area contributed by atoms with Gasteiger partial charge in [-0.2, -0.15) is 0 Å². The Morgan fingerprint density at radius 3 is 2.46 bits per heavy atom. The van der Waals surface area contributed by atoms with Crippen molar-refractivity contribution in [1.29, 1.82) is 0 Å². The molecule has 200 valence electrons. The van der Waals surface area contributed by atoms with Crippen molar-refractivity contribution < 1.29 is 0 Å². The minimum atomic E-state index is 0.293. The average Bonchev–Trinajstić information content (AvgIpc) is 3.35. The van der Waals surface area contributed by atoms with Gasteiger partial charge in [0.1, 0.15) is 5.82 Å². The molecule has 6 nitrogen and oxygen atoms in total. The van der Waals surface area contributed by atoms with Crippen LogP contribution >= 0.6 is 0 Å². The lowest BCUT2D eigenvalue weighted by molar-refractivity contribution is 0.521. The highest BCUT2D eigenvalue weighted by Crippen LogP contribution is 2.45. The zero-order chi connectivity index (χ0) is 26.6. The van der Waals surface area contributed by atoms with Crippen LogP contribution in [0.2, 0.25) is 0 Å². The summed E-state index contributed by atoms with van der Waals surface area (Å²) in [6, 6.07) is 23.9. The van der Waals surface area contributed by atoms with Crippen LogP contribution in [0.3, 0.4) is 0 Å². The fourth-order valence-corrected chi connectivity index (χ4v) is 6.59. The summed E-state index contributed by atoms with van der Waals surface area (Å²) < 4.78 is 0. The molecule has 2 unspecified atom stereocenters. The van der Waals surface area contributed by atoms with Gasteiger partial charge in [-0.25, -0.2) is 4.98 Å². The Balaban J connectivity index is 1.04. The van der Waals surface area contributed by atoms with Crippen LogP contribution < -0.4 is 21.7 Å². The maximum atomic E-state index is 6.47. The normalized spacial score (nSPS) is 28.4. The Labute approximate surface area is 230 Å². The van der Waals surface area contributed by atoms with Crippen molar-refractivity contribution in [1.82, 2.24) is 25.9 Å². The number of fused-ring (bicyclic) bond motifs is 1. The van der Waals surface area contributed by atoms with Gasteiger partial charge in [-0.3, -0.25) is 0 Å². The van der Waals surface area contributed by atoms with Gasteiger partial charge in [0, 0.05) is 29.9 Å². The molecule has 39 heavy (non-hydrogen) atoms. The summed E-state index contributed by atoms with van der Waals surface area (Å²) in [5.41, 5.74) is 13.2. The third kappa shape index (κ3) is 4.72. The largest absolute Gasteiger partial charge is 0.397 e. The summed E-state index contributed by atoms with van der Waals surface area (Å²) in [5, 5.41) is 13.3. The lowest BCUT2D eigenvalue weighted by atomic mass is 9.98. The molecule has 4 aromatic rings. The summed E-state index contributed by atoms with van der Waals surface area (Å²) in [6.45, 7) is 4.51. The number of aromatic nitrogens is 2. The zero-order valence-corrected chi connectivity index (χ0v) is 22.8. The first-order valence-electron chi connectivity index (χ1n) is 14.4. The Kier molecular flexibility index (Phi) is 5.98. The zero-order valence-electron chi connectivity index (χ0n) is 22.8. The topological polar surface area (TPSA) is 90.8 Å². The lowest BCUT2D eigenvalue weighted by Gasteiger charge is -2.12. The molecule has 3 heterocycles. The van der Waals surface area contributed by atoms with Crippen LogP contribution in [0.4, 0.5) is 0 Å². The second-order valence-electron chi connectivity index (χ2n) is 12.0. The molecule has 2 saturated heterocycles. The standard InChI is InChI=1S/C33H38N6/c1-20-3-12-29(37-20)32-36-19-30(38-32)23-6-4-22(5-7-23)24-8-9-26-16-27(11-10-25(26)15-24)28(34)18-35-31-17-33(31)14-13-21(2)39-33/h4-11,15-16,18-21,29,31,35,37,39H,3,12-14,17,34H2,1-2H3,(H,36,38)/b28-18-/t20-,21-,29+,31?,33?/m1/s1. The predicted molar refractivity (Wildman–Crippen MR) is 160 cm³/mol. The fourth-order valence-electron chi connectivity index (χ4n) is 6.59. The van der Waals surface area contributed by atoms with Crippen molar-refractivity contribution >= 4 is 16.5 Å². The number of hydrogen-bond acceptors (Lipinski definition) is 5. The second-order valence-corrected chi connectivity index (χ2v) is 12.0. The van der Waals surface area contributed by atoms with E-state index in [9.17, 15) is 0 Å². The van der Waals surface area contributed by atoms with Crippen molar-refractivity contribution in [3.8, 4) is 22.4 Å². The monoisotopic (exact) mass is 518 g/mol. The summed E-state index contributed by atoms with van der Waals surface area (Å²) in [7, 11) is 0. The number of nitrogens with one attached hydrogen (secondary N) is 4. The molecule has 3 fully saturated rings. The molecule has 7 rings (SSSR count). The smallest absolute Gasteiger partial charge is 0.123 e. The van der Waals surface area contributed by atoms with Crippen molar-refractivity contribution in [3.63, 3.8) is 0 Å². The van der Waals surface area contributed by atoms with E-state index in [1.54, 1.807) is 0 Å². The van der Waals surface area contributed by atoms with Gasteiger partial charge in [0.15, 0.2) is 0 Å². The van der Waals surface area contributed by atoms with E-state index < -0.39 is 0 Å². The molecule has 1 spiro atoms. The van der Waals surface area contributed by atoms with E-state index in [0.717, 1.165) is 34.8 Å². The first-order valence-corrected chi connectivity index (χ1v) is 14.4. The number of benzene rings is 3. The number of H-pyrrole nitrogens is 1. The number of imidazole rings is 1. The van der Waals surface area contributed by atoms with Gasteiger partial charge >= 0.3 is 0 Å². The number of rotatable bonds is 6. The minimum Gasteiger partial charge on any atom is -0.397 e. The van der Waals surface area contributed by atoms with Gasteiger partial charge in [0.25, 0.3) is 0 Å². The molecule has 1 aliphatic carbocycles. The summed E-state index contributed by atoms with van der Waals surface area (Å²) in [4.78, 5) is 8.17. The van der Waals surface area contributed by atoms with E-state index >= 15 is 0 Å². The third-order valence-corrected chi connectivity index (χ3v) is 9.08. The first-order chi connectivity index (χ1) is 19.0. The van der Waals surface area contributed by atoms with E-state index in [0.29, 0.717) is 29.7 Å². The van der Waals surface area contributed by atoms with E-state index in [4.69, 9.17) is 5.73 Å². The maximum absolute atomic E-state index is 6.47. The highest BCUT2D eigenvalue weighted by molar-refractivity contribution is 5.90. The minimum absolute atomic E-state index is 0.293. The highest BCUT2D eigenvalue weighted by Gasteiger charge is 2.56. The van der Waals surface area contributed by atoms with Crippen molar-refractivity contribution in [2.75, 3.05) is 0 Å². The van der Waals surface area contributed by atoms with Gasteiger partial charge in [-0.15, -0.1) is 0 Å². The van der Waals surface area contributed by atoms with Crippen LogP contribution in [0.5, 0.6) is 0 Å². The molecular weight excluding hydrogens is 480 g/mol. The molecule has 0 amide bonds. The van der Waals surface area contributed by atoms with Crippen LogP contribution in [0.1, 0.15) is 63.4 Å². The molecule has 2 aliphatic heterocycles. The van der Waals surface area contributed by atoms with E-state index in [2.05, 4.69) is 100 Å². The summed E-state index contributed by atoms with van der Waals surface area (Å²) in [6.07, 6.45) is 9.97. The predicted octanol–water partition coefficient (Wildman–Crippen LogP) is 5.84. The lowest BCUT2D eigenvalue weighted by Crippen LogP contribution is -2.35. The highest BCUT2D eigenvalue weighted by atomic mass is 15.2. The van der Waals surface area contributed by atoms with Crippen molar-refractivity contribution in [2.45, 2.75) is 75.7 Å². The Hall–Kier alpha value is -3.61. The fraction of sp³-hybridized carbons (Fsp3) is 0.364. The van der Waals surface area contributed by atoms with Crippen LogP contribution in [0.15, 0.2) is 73.1 Å². The maximum Gasteiger partial charge on any atom is 0.123 e. The average molecular weight is 519 g/mol. The molecule has 3 aliphatic rings. The number of nitrogens with zero attached hydrogens (tertiary/aromatic N) is 1. The summed E-state index contributed by atoms with van der Waals surface area (Å²) >= 11 is 0. The molecule has 1 aromatic heterocycles. The van der Waals surface area contributed by atoms with Crippen molar-refractivity contribution in [2.24, 2.45) is 5.73 Å². The Morgan fingerprint density at radius 1 is 0.923 bits per heavy atom. The van der Waals surface area contributed by atoms with Gasteiger partial charge in [-0.05, 0) is 91.1 Å². The number of hydrogen-bond donors (Lipinski definition) is 5. The van der Waals surface area contributed by atoms with E-state index in [1.165, 1.54) is 47.6 Å². The van der Waals surface area contributed by atoms with Gasteiger partial charge in [0.05, 0.1) is 23.6 Å². The SMILES string of the molecule is C[C@@H]1CC[C@@H](c2ncc(-c3ccc(-c4ccc5cc(/C(N)=C/NC6CC67CC[C@@H](C)N7)ccc5c4)cc3)[nH]2)N1. The summed E-state index contributed by atoms with van der Waals surface area (Å²) in [5.74, 6) is 1.04. The molecule has 5 atom stereocenters. The van der Waals surface area contributed by atoms with Gasteiger partial charge in [0.2, 0.25) is 0 Å². The third-order valence-electron chi connectivity index (χ3n) is 9.08. The van der Waals surface area contributed by atoms with Gasteiger partial charge in [-0.1, -0.05) is 48.5 Å². The molecule has 6 heteroatoms. The molecule has 0 bridgehead atoms. The van der Waals surface area contributed by atoms with Crippen LogP contribution in [0, 0.1) is 0 Å². The molecular formula is C33H38N6. The second kappa shape index (κ2) is 9.54.